The van der Waals surface area contributed by atoms with Crippen molar-refractivity contribution in [2.24, 2.45) is 0 Å². The van der Waals surface area contributed by atoms with Crippen LogP contribution < -0.4 is 5.32 Å². The standard InChI is InChI=1S/C26H19N3O3/c1-17-5-2-6-20(15-17)18-10-12-19(13-11-18)21-7-3-8-22(16-21)24(30)27-26-29-28-25(32-26)23-9-4-14-31-23/h2-16H,1H3,(H,27,29,30). The molecule has 0 saturated heterocycles. The minimum Gasteiger partial charge on any atom is -0.459 e. The molecule has 1 N–H and O–H groups in total. The van der Waals surface area contributed by atoms with Crippen molar-refractivity contribution in [1.82, 2.24) is 10.2 Å². The van der Waals surface area contributed by atoms with Gasteiger partial charge in [0.15, 0.2) is 5.76 Å². The van der Waals surface area contributed by atoms with Crippen LogP contribution in [0, 0.1) is 6.92 Å². The number of nitrogens with zero attached hydrogens (tertiary/aromatic N) is 2. The summed E-state index contributed by atoms with van der Waals surface area (Å²) in [5, 5.41) is 10.4. The van der Waals surface area contributed by atoms with Gasteiger partial charge in [-0.3, -0.25) is 10.1 Å². The van der Waals surface area contributed by atoms with Gasteiger partial charge in [-0.2, -0.15) is 0 Å². The summed E-state index contributed by atoms with van der Waals surface area (Å²) in [7, 11) is 0. The molecule has 3 aromatic carbocycles. The molecule has 0 aliphatic rings. The summed E-state index contributed by atoms with van der Waals surface area (Å²) in [5.74, 6) is 0.305. The predicted molar refractivity (Wildman–Crippen MR) is 122 cm³/mol. The van der Waals surface area contributed by atoms with Crippen molar-refractivity contribution in [2.45, 2.75) is 6.92 Å². The molecule has 0 saturated carbocycles. The second kappa shape index (κ2) is 8.35. The molecule has 0 unspecified atom stereocenters. The van der Waals surface area contributed by atoms with Crippen LogP contribution in [0.25, 0.3) is 33.9 Å². The molecule has 0 fully saturated rings. The van der Waals surface area contributed by atoms with Crippen molar-refractivity contribution in [3.63, 3.8) is 0 Å². The summed E-state index contributed by atoms with van der Waals surface area (Å²) in [6, 6.07) is 27.5. The van der Waals surface area contributed by atoms with Crippen LogP contribution in [0.1, 0.15) is 15.9 Å². The lowest BCUT2D eigenvalue weighted by atomic mass is 9.98. The summed E-state index contributed by atoms with van der Waals surface area (Å²) in [6.45, 7) is 2.08. The number of aromatic nitrogens is 2. The second-order valence-electron chi connectivity index (χ2n) is 7.37. The molecule has 2 heterocycles. The highest BCUT2D eigenvalue weighted by Gasteiger charge is 2.14. The molecule has 0 atom stereocenters. The van der Waals surface area contributed by atoms with E-state index in [1.165, 1.54) is 17.4 Å². The van der Waals surface area contributed by atoms with Gasteiger partial charge in [0.2, 0.25) is 0 Å². The normalized spacial score (nSPS) is 10.8. The average Bonchev–Trinajstić information content (AvgIpc) is 3.51. The van der Waals surface area contributed by atoms with Crippen molar-refractivity contribution in [1.29, 1.82) is 0 Å². The lowest BCUT2D eigenvalue weighted by Crippen LogP contribution is -2.12. The van der Waals surface area contributed by atoms with Gasteiger partial charge in [-0.25, -0.2) is 0 Å². The van der Waals surface area contributed by atoms with E-state index in [0.717, 1.165) is 16.7 Å². The summed E-state index contributed by atoms with van der Waals surface area (Å²) >= 11 is 0. The van der Waals surface area contributed by atoms with Crippen molar-refractivity contribution < 1.29 is 13.6 Å². The van der Waals surface area contributed by atoms with Crippen molar-refractivity contribution in [2.75, 3.05) is 5.32 Å². The van der Waals surface area contributed by atoms with Crippen LogP contribution in [0.5, 0.6) is 0 Å². The fraction of sp³-hybridized carbons (Fsp3) is 0.0385. The maximum Gasteiger partial charge on any atom is 0.322 e. The summed E-state index contributed by atoms with van der Waals surface area (Å²) in [6.07, 6.45) is 1.51. The molecule has 0 radical (unpaired) electrons. The molecule has 156 valence electrons. The van der Waals surface area contributed by atoms with Gasteiger partial charge < -0.3 is 8.83 Å². The van der Waals surface area contributed by atoms with Gasteiger partial charge in [-0.15, -0.1) is 5.10 Å². The summed E-state index contributed by atoms with van der Waals surface area (Å²) in [4.78, 5) is 12.7. The summed E-state index contributed by atoms with van der Waals surface area (Å²) < 4.78 is 10.7. The molecule has 0 aliphatic heterocycles. The first kappa shape index (κ1) is 19.5. The minimum absolute atomic E-state index is 0.00862. The van der Waals surface area contributed by atoms with E-state index in [-0.39, 0.29) is 17.8 Å². The largest absolute Gasteiger partial charge is 0.459 e. The molecule has 6 heteroatoms. The third-order valence-electron chi connectivity index (χ3n) is 5.07. The Hall–Kier alpha value is -4.45. The van der Waals surface area contributed by atoms with Crippen LogP contribution >= 0.6 is 0 Å². The quantitative estimate of drug-likeness (QED) is 0.364. The number of nitrogens with one attached hydrogen (secondary N) is 1. The van der Waals surface area contributed by atoms with Gasteiger partial charge in [0.1, 0.15) is 0 Å². The fourth-order valence-electron chi connectivity index (χ4n) is 3.46. The lowest BCUT2D eigenvalue weighted by Gasteiger charge is -2.07. The first-order chi connectivity index (χ1) is 15.7. The van der Waals surface area contributed by atoms with Crippen LogP contribution in [-0.2, 0) is 0 Å². The fourth-order valence-corrected chi connectivity index (χ4v) is 3.46. The van der Waals surface area contributed by atoms with Gasteiger partial charge in [0.25, 0.3) is 11.8 Å². The molecule has 6 nitrogen and oxygen atoms in total. The second-order valence-corrected chi connectivity index (χ2v) is 7.37. The highest BCUT2D eigenvalue weighted by molar-refractivity contribution is 6.03. The van der Waals surface area contributed by atoms with Crippen LogP contribution in [0.3, 0.4) is 0 Å². The minimum atomic E-state index is -0.335. The van der Waals surface area contributed by atoms with E-state index < -0.39 is 0 Å². The van der Waals surface area contributed by atoms with Crippen molar-refractivity contribution in [3.8, 4) is 33.9 Å². The number of carbonyl (C=O) groups excluding carboxylic acids is 1. The average molecular weight is 421 g/mol. The van der Waals surface area contributed by atoms with Gasteiger partial charge in [0.05, 0.1) is 6.26 Å². The smallest absolute Gasteiger partial charge is 0.322 e. The Morgan fingerprint density at radius 1 is 0.781 bits per heavy atom. The van der Waals surface area contributed by atoms with Crippen LogP contribution in [0.4, 0.5) is 6.01 Å². The maximum absolute atomic E-state index is 12.7. The molecule has 2 aromatic heterocycles. The highest BCUT2D eigenvalue weighted by atomic mass is 16.4. The zero-order valence-corrected chi connectivity index (χ0v) is 17.3. The van der Waals surface area contributed by atoms with E-state index in [2.05, 4.69) is 71.0 Å². The van der Waals surface area contributed by atoms with Crippen LogP contribution in [0.15, 0.2) is 100 Å². The van der Waals surface area contributed by atoms with Crippen LogP contribution in [-0.4, -0.2) is 16.1 Å². The number of benzene rings is 3. The zero-order chi connectivity index (χ0) is 21.9. The molecule has 1 amide bonds. The molecule has 32 heavy (non-hydrogen) atoms. The van der Waals surface area contributed by atoms with E-state index in [1.807, 2.05) is 18.2 Å². The molecule has 0 spiro atoms. The van der Waals surface area contributed by atoms with Gasteiger partial charge >= 0.3 is 6.01 Å². The number of carbonyl (C=O) groups is 1. The van der Waals surface area contributed by atoms with Crippen molar-refractivity contribution in [3.05, 3.63) is 102 Å². The van der Waals surface area contributed by atoms with E-state index >= 15 is 0 Å². The molecule has 5 rings (SSSR count). The van der Waals surface area contributed by atoms with E-state index in [1.54, 1.807) is 18.2 Å². The lowest BCUT2D eigenvalue weighted by molar-refractivity contribution is 0.102. The molecule has 5 aromatic rings. The Balaban J connectivity index is 1.33. The SMILES string of the molecule is Cc1cccc(-c2ccc(-c3cccc(C(=O)Nc4nnc(-c5ccco5)o4)c3)cc2)c1. The Morgan fingerprint density at radius 3 is 2.19 bits per heavy atom. The van der Waals surface area contributed by atoms with E-state index in [0.29, 0.717) is 11.3 Å². The molecule has 0 bridgehead atoms. The van der Waals surface area contributed by atoms with Crippen LogP contribution in [0.2, 0.25) is 0 Å². The van der Waals surface area contributed by atoms with E-state index in [9.17, 15) is 4.79 Å². The summed E-state index contributed by atoms with van der Waals surface area (Å²) in [5.41, 5.74) is 6.00. The Bertz CT molecular complexity index is 1370. The maximum atomic E-state index is 12.7. The van der Waals surface area contributed by atoms with E-state index in [4.69, 9.17) is 8.83 Å². The third kappa shape index (κ3) is 4.06. The highest BCUT2D eigenvalue weighted by Crippen LogP contribution is 2.26. The number of furan rings is 1. The monoisotopic (exact) mass is 421 g/mol. The first-order valence-electron chi connectivity index (χ1n) is 10.1. The molecular weight excluding hydrogens is 402 g/mol. The number of hydrogen-bond acceptors (Lipinski definition) is 5. The Morgan fingerprint density at radius 2 is 1.50 bits per heavy atom. The number of anilines is 1. The third-order valence-corrected chi connectivity index (χ3v) is 5.07. The Kier molecular flexibility index (Phi) is 5.09. The first-order valence-corrected chi connectivity index (χ1v) is 10.1. The number of rotatable bonds is 5. The zero-order valence-electron chi connectivity index (χ0n) is 17.3. The Labute approximate surface area is 184 Å². The molecular formula is C26H19N3O3. The van der Waals surface area contributed by atoms with Gasteiger partial charge in [0, 0.05) is 5.56 Å². The molecule has 0 aliphatic carbocycles. The number of amides is 1. The van der Waals surface area contributed by atoms with Crippen molar-refractivity contribution >= 4 is 11.9 Å². The van der Waals surface area contributed by atoms with Gasteiger partial charge in [-0.05, 0) is 53.4 Å². The number of aryl methyl sites for hydroxylation is 1. The topological polar surface area (TPSA) is 81.2 Å². The predicted octanol–water partition coefficient (Wildman–Crippen LogP) is 6.22. The number of hydrogen-bond donors (Lipinski definition) is 1. The van der Waals surface area contributed by atoms with Gasteiger partial charge in [-0.1, -0.05) is 71.3 Å².